The van der Waals surface area contributed by atoms with Gasteiger partial charge in [-0.15, -0.1) is 0 Å². The van der Waals surface area contributed by atoms with Crippen LogP contribution < -0.4 is 9.64 Å². The van der Waals surface area contributed by atoms with E-state index in [-0.39, 0.29) is 12.3 Å². The van der Waals surface area contributed by atoms with Gasteiger partial charge in [-0.3, -0.25) is 14.5 Å². The Bertz CT molecular complexity index is 461. The Morgan fingerprint density at radius 2 is 2.41 bits per heavy atom. The molecule has 0 aromatic carbocycles. The molecule has 17 heavy (non-hydrogen) atoms. The maximum atomic E-state index is 11.9. The van der Waals surface area contributed by atoms with Crippen molar-refractivity contribution in [1.29, 1.82) is 0 Å². The van der Waals surface area contributed by atoms with Crippen molar-refractivity contribution in [2.75, 3.05) is 19.1 Å². The van der Waals surface area contributed by atoms with Crippen molar-refractivity contribution in [2.45, 2.75) is 12.5 Å². The van der Waals surface area contributed by atoms with E-state index in [0.29, 0.717) is 11.6 Å². The zero-order chi connectivity index (χ0) is 12.4. The fourth-order valence-corrected chi connectivity index (χ4v) is 1.61. The summed E-state index contributed by atoms with van der Waals surface area (Å²) in [7, 11) is 2.87. The van der Waals surface area contributed by atoms with Gasteiger partial charge in [0, 0.05) is 13.2 Å². The molecule has 1 unspecified atom stereocenters. The van der Waals surface area contributed by atoms with Crippen molar-refractivity contribution in [3.05, 3.63) is 18.3 Å². The van der Waals surface area contributed by atoms with Crippen LogP contribution in [0.1, 0.15) is 6.42 Å². The summed E-state index contributed by atoms with van der Waals surface area (Å²) in [5, 5.41) is 0. The van der Waals surface area contributed by atoms with E-state index in [9.17, 15) is 9.59 Å². The van der Waals surface area contributed by atoms with Gasteiger partial charge in [0.05, 0.1) is 13.5 Å². The summed E-state index contributed by atoms with van der Waals surface area (Å²) < 4.78 is 9.95. The molecule has 0 aliphatic carbocycles. The Hall–Kier alpha value is -2.11. The maximum absolute atomic E-state index is 11.9. The van der Waals surface area contributed by atoms with E-state index < -0.39 is 12.1 Å². The van der Waals surface area contributed by atoms with Crippen molar-refractivity contribution < 1.29 is 19.1 Å². The molecule has 6 nitrogen and oxygen atoms in total. The predicted molar refractivity (Wildman–Crippen MR) is 58.7 cm³/mol. The zero-order valence-corrected chi connectivity index (χ0v) is 9.54. The van der Waals surface area contributed by atoms with Crippen LogP contribution in [0.4, 0.5) is 5.82 Å². The fourth-order valence-electron chi connectivity index (χ4n) is 1.61. The third-order valence-corrected chi connectivity index (χ3v) is 2.52. The standard InChI is InChI=1S/C11H12N2O4/c1-13-10-7(4-3-5-12-10)17-8(11(13)15)6-9(14)16-2/h3-5,8H,6H2,1-2H3. The summed E-state index contributed by atoms with van der Waals surface area (Å²) in [6.45, 7) is 0. The van der Waals surface area contributed by atoms with Gasteiger partial charge in [0.1, 0.15) is 0 Å². The number of carbonyl (C=O) groups excluding carboxylic acids is 2. The van der Waals surface area contributed by atoms with Gasteiger partial charge in [0.2, 0.25) is 0 Å². The molecule has 0 saturated carbocycles. The molecule has 6 heteroatoms. The quantitative estimate of drug-likeness (QED) is 0.694. The van der Waals surface area contributed by atoms with Crippen LogP contribution in [0.5, 0.6) is 5.75 Å². The first-order valence-electron chi connectivity index (χ1n) is 5.09. The highest BCUT2D eigenvalue weighted by atomic mass is 16.5. The molecule has 1 aromatic rings. The van der Waals surface area contributed by atoms with E-state index in [1.165, 1.54) is 12.0 Å². The van der Waals surface area contributed by atoms with Crippen molar-refractivity contribution in [3.8, 4) is 5.75 Å². The summed E-state index contributed by atoms with van der Waals surface area (Å²) in [4.78, 5) is 28.5. The molecule has 0 bridgehead atoms. The summed E-state index contributed by atoms with van der Waals surface area (Å²) in [5.74, 6) is 0.160. The van der Waals surface area contributed by atoms with Crippen LogP contribution in [0.15, 0.2) is 18.3 Å². The van der Waals surface area contributed by atoms with Gasteiger partial charge >= 0.3 is 5.97 Å². The molecular formula is C11H12N2O4. The lowest BCUT2D eigenvalue weighted by molar-refractivity contribution is -0.145. The molecule has 0 N–H and O–H groups in total. The average Bonchev–Trinajstić information content (AvgIpc) is 2.35. The van der Waals surface area contributed by atoms with E-state index in [2.05, 4.69) is 9.72 Å². The third-order valence-electron chi connectivity index (χ3n) is 2.52. The lowest BCUT2D eigenvalue weighted by atomic mass is 10.2. The second-order valence-electron chi connectivity index (χ2n) is 3.61. The Balaban J connectivity index is 2.25. The van der Waals surface area contributed by atoms with Gasteiger partial charge in [0.25, 0.3) is 5.91 Å². The summed E-state index contributed by atoms with van der Waals surface area (Å²) in [6.07, 6.45) is 0.629. The van der Waals surface area contributed by atoms with E-state index in [4.69, 9.17) is 4.74 Å². The van der Waals surface area contributed by atoms with Crippen molar-refractivity contribution in [1.82, 2.24) is 4.98 Å². The summed E-state index contributed by atoms with van der Waals surface area (Å²) >= 11 is 0. The third kappa shape index (κ3) is 2.06. The Kier molecular flexibility index (Phi) is 2.95. The van der Waals surface area contributed by atoms with Gasteiger partial charge in [0.15, 0.2) is 17.7 Å². The largest absolute Gasteiger partial charge is 0.476 e. The number of likely N-dealkylation sites (N-methyl/N-ethyl adjacent to an activating group) is 1. The van der Waals surface area contributed by atoms with Crippen molar-refractivity contribution in [2.24, 2.45) is 0 Å². The molecule has 1 amide bonds. The predicted octanol–water partition coefficient (Wildman–Crippen LogP) is 0.368. The Labute approximate surface area is 98.1 Å². The smallest absolute Gasteiger partial charge is 0.309 e. The zero-order valence-electron chi connectivity index (χ0n) is 9.54. The minimum Gasteiger partial charge on any atom is -0.476 e. The first-order chi connectivity index (χ1) is 8.13. The molecule has 0 spiro atoms. The van der Waals surface area contributed by atoms with E-state index in [0.717, 1.165) is 0 Å². The number of fused-ring (bicyclic) bond motifs is 1. The van der Waals surface area contributed by atoms with Gasteiger partial charge in [-0.2, -0.15) is 0 Å². The van der Waals surface area contributed by atoms with Crippen molar-refractivity contribution in [3.63, 3.8) is 0 Å². The van der Waals surface area contributed by atoms with Crippen LogP contribution in [0.2, 0.25) is 0 Å². The average molecular weight is 236 g/mol. The molecule has 0 fully saturated rings. The number of amides is 1. The van der Waals surface area contributed by atoms with Crippen LogP contribution in [0, 0.1) is 0 Å². The highest BCUT2D eigenvalue weighted by Crippen LogP contribution is 2.31. The first kappa shape index (κ1) is 11.4. The van der Waals surface area contributed by atoms with Crippen molar-refractivity contribution >= 4 is 17.7 Å². The Morgan fingerprint density at radius 1 is 1.65 bits per heavy atom. The SMILES string of the molecule is COC(=O)CC1Oc2cccnc2N(C)C1=O. The second-order valence-corrected chi connectivity index (χ2v) is 3.61. The topological polar surface area (TPSA) is 68.7 Å². The van der Waals surface area contributed by atoms with Crippen LogP contribution >= 0.6 is 0 Å². The fraction of sp³-hybridized carbons (Fsp3) is 0.364. The molecule has 2 heterocycles. The van der Waals surface area contributed by atoms with Crippen LogP contribution in [0.3, 0.4) is 0 Å². The molecule has 90 valence electrons. The number of carbonyl (C=O) groups is 2. The molecule has 1 atom stereocenters. The molecule has 2 rings (SSSR count). The van der Waals surface area contributed by atoms with Gasteiger partial charge in [-0.05, 0) is 12.1 Å². The number of pyridine rings is 1. The lowest BCUT2D eigenvalue weighted by Crippen LogP contribution is -2.45. The number of esters is 1. The highest BCUT2D eigenvalue weighted by molar-refractivity contribution is 6.00. The number of rotatable bonds is 2. The molecule has 1 aromatic heterocycles. The van der Waals surface area contributed by atoms with Crippen LogP contribution in [-0.4, -0.2) is 37.1 Å². The van der Waals surface area contributed by atoms with Crippen LogP contribution in [-0.2, 0) is 14.3 Å². The Morgan fingerprint density at radius 3 is 3.12 bits per heavy atom. The molecule has 1 aliphatic rings. The van der Waals surface area contributed by atoms with E-state index >= 15 is 0 Å². The van der Waals surface area contributed by atoms with Gasteiger partial charge in [-0.1, -0.05) is 0 Å². The summed E-state index contributed by atoms with van der Waals surface area (Å²) in [6, 6.07) is 3.41. The number of hydrogen-bond donors (Lipinski definition) is 0. The number of nitrogens with zero attached hydrogens (tertiary/aromatic N) is 2. The number of methoxy groups -OCH3 is 1. The minimum atomic E-state index is -0.843. The first-order valence-corrected chi connectivity index (χ1v) is 5.09. The molecule has 0 radical (unpaired) electrons. The monoisotopic (exact) mass is 236 g/mol. The normalized spacial score (nSPS) is 18.4. The molecule has 0 saturated heterocycles. The molecule has 1 aliphatic heterocycles. The van der Waals surface area contributed by atoms with Crippen LogP contribution in [0.25, 0.3) is 0 Å². The maximum Gasteiger partial charge on any atom is 0.309 e. The lowest BCUT2D eigenvalue weighted by Gasteiger charge is -2.30. The number of anilines is 1. The van der Waals surface area contributed by atoms with E-state index in [1.807, 2.05) is 0 Å². The molecular weight excluding hydrogens is 224 g/mol. The minimum absolute atomic E-state index is 0.103. The second kappa shape index (κ2) is 4.40. The highest BCUT2D eigenvalue weighted by Gasteiger charge is 2.34. The number of aromatic nitrogens is 1. The summed E-state index contributed by atoms with van der Waals surface area (Å²) in [5.41, 5.74) is 0. The number of ether oxygens (including phenoxy) is 2. The van der Waals surface area contributed by atoms with Gasteiger partial charge < -0.3 is 9.47 Å². The van der Waals surface area contributed by atoms with Gasteiger partial charge in [-0.25, -0.2) is 4.98 Å². The number of hydrogen-bond acceptors (Lipinski definition) is 5. The van der Waals surface area contributed by atoms with E-state index in [1.54, 1.807) is 25.4 Å².